The van der Waals surface area contributed by atoms with Gasteiger partial charge in [-0.05, 0) is 63.9 Å². The third-order valence-corrected chi connectivity index (χ3v) is 6.93. The summed E-state index contributed by atoms with van der Waals surface area (Å²) in [4.78, 5) is 9.08. The van der Waals surface area contributed by atoms with Crippen LogP contribution in [0.5, 0.6) is 0 Å². The molecule has 0 fully saturated rings. The van der Waals surface area contributed by atoms with Gasteiger partial charge in [0.15, 0.2) is 5.69 Å². The van der Waals surface area contributed by atoms with Crippen molar-refractivity contribution >= 4 is 34.5 Å². The lowest BCUT2D eigenvalue weighted by atomic mass is 10.1. The molecule has 0 amide bonds. The fourth-order valence-corrected chi connectivity index (χ4v) is 5.16. The SMILES string of the molecule is C/C(=N\OCC(N)c1cc(C)sc1C)c1c(Sc2ccc([NH2+]O)cc2)nnc(C)c1C.CC. The normalized spacial score (nSPS) is 12.2. The molecule has 1 unspecified atom stereocenters. The van der Waals surface area contributed by atoms with Gasteiger partial charge in [-0.15, -0.1) is 16.4 Å². The van der Waals surface area contributed by atoms with Crippen LogP contribution in [0.4, 0.5) is 5.69 Å². The number of nitrogens with zero attached hydrogens (tertiary/aromatic N) is 3. The lowest BCUT2D eigenvalue weighted by Crippen LogP contribution is -2.73. The first-order chi connectivity index (χ1) is 15.8. The number of thiophene rings is 1. The minimum absolute atomic E-state index is 0.226. The summed E-state index contributed by atoms with van der Waals surface area (Å²) in [6, 6.07) is 9.43. The highest BCUT2D eigenvalue weighted by Crippen LogP contribution is 2.31. The number of hydrogen-bond donors (Lipinski definition) is 3. The van der Waals surface area contributed by atoms with Crippen molar-refractivity contribution in [2.45, 2.75) is 64.4 Å². The Morgan fingerprint density at radius 1 is 1.18 bits per heavy atom. The summed E-state index contributed by atoms with van der Waals surface area (Å²) < 4.78 is 0. The van der Waals surface area contributed by atoms with Crippen molar-refractivity contribution in [1.29, 1.82) is 0 Å². The molecule has 0 spiro atoms. The van der Waals surface area contributed by atoms with Gasteiger partial charge in [-0.1, -0.05) is 30.8 Å². The van der Waals surface area contributed by atoms with Gasteiger partial charge in [0.25, 0.3) is 0 Å². The molecule has 1 atom stereocenters. The molecule has 0 aliphatic heterocycles. The largest absolute Gasteiger partial charge is 0.394 e. The average Bonchev–Trinajstić information content (AvgIpc) is 3.16. The first kappa shape index (κ1) is 26.9. The molecule has 1 aromatic carbocycles. The molecular formula is C24H34N5O2S2+. The van der Waals surface area contributed by atoms with Crippen LogP contribution in [-0.4, -0.2) is 27.7 Å². The zero-order valence-corrected chi connectivity index (χ0v) is 22.0. The van der Waals surface area contributed by atoms with E-state index in [1.807, 2.05) is 58.9 Å². The van der Waals surface area contributed by atoms with E-state index in [9.17, 15) is 0 Å². The molecule has 2 aromatic heterocycles. The molecule has 0 saturated heterocycles. The lowest BCUT2D eigenvalue weighted by Gasteiger charge is -2.13. The van der Waals surface area contributed by atoms with Crippen molar-refractivity contribution in [2.75, 3.05) is 6.61 Å². The first-order valence-corrected chi connectivity index (χ1v) is 12.5. The highest BCUT2D eigenvalue weighted by atomic mass is 32.2. The zero-order valence-electron chi connectivity index (χ0n) is 20.3. The maximum absolute atomic E-state index is 9.12. The van der Waals surface area contributed by atoms with Gasteiger partial charge in [-0.3, -0.25) is 0 Å². The van der Waals surface area contributed by atoms with E-state index in [4.69, 9.17) is 15.8 Å². The average molecular weight is 489 g/mol. The number of oxime groups is 1. The molecule has 0 radical (unpaired) electrons. The van der Waals surface area contributed by atoms with Crippen LogP contribution >= 0.6 is 23.1 Å². The Labute approximate surface area is 204 Å². The Bertz CT molecular complexity index is 1080. The van der Waals surface area contributed by atoms with Crippen molar-refractivity contribution in [3.63, 3.8) is 0 Å². The smallest absolute Gasteiger partial charge is 0.161 e. The van der Waals surface area contributed by atoms with E-state index >= 15 is 0 Å². The van der Waals surface area contributed by atoms with Crippen LogP contribution in [-0.2, 0) is 4.84 Å². The zero-order chi connectivity index (χ0) is 24.5. The maximum Gasteiger partial charge on any atom is 0.161 e. The number of quaternary nitrogens is 1. The third-order valence-electron chi connectivity index (χ3n) is 4.96. The summed E-state index contributed by atoms with van der Waals surface area (Å²) in [5, 5.41) is 22.9. The number of aryl methyl sites for hydroxylation is 3. The van der Waals surface area contributed by atoms with E-state index in [1.165, 1.54) is 21.5 Å². The van der Waals surface area contributed by atoms with Gasteiger partial charge in [-0.2, -0.15) is 10.6 Å². The van der Waals surface area contributed by atoms with Crippen LogP contribution < -0.4 is 11.2 Å². The van der Waals surface area contributed by atoms with Crippen LogP contribution in [0, 0.1) is 27.7 Å². The number of rotatable bonds is 8. The Kier molecular flexibility index (Phi) is 10.5. The summed E-state index contributed by atoms with van der Waals surface area (Å²) in [6.07, 6.45) is 0. The molecule has 0 aliphatic rings. The summed E-state index contributed by atoms with van der Waals surface area (Å²) >= 11 is 3.23. The molecule has 33 heavy (non-hydrogen) atoms. The Hall–Kier alpha value is -2.30. The quantitative estimate of drug-likeness (QED) is 0.234. The number of benzene rings is 1. The fourth-order valence-electron chi connectivity index (χ4n) is 3.19. The van der Waals surface area contributed by atoms with E-state index in [0.717, 1.165) is 49.2 Å². The van der Waals surface area contributed by atoms with Crippen molar-refractivity contribution in [1.82, 2.24) is 10.2 Å². The molecule has 3 rings (SSSR count). The van der Waals surface area contributed by atoms with Crippen LogP contribution in [0.3, 0.4) is 0 Å². The summed E-state index contributed by atoms with van der Waals surface area (Å²) in [5.41, 5.74) is 12.7. The second kappa shape index (κ2) is 12.8. The Morgan fingerprint density at radius 2 is 1.85 bits per heavy atom. The van der Waals surface area contributed by atoms with Gasteiger partial charge in [0.2, 0.25) is 0 Å². The van der Waals surface area contributed by atoms with Crippen LogP contribution in [0.1, 0.15) is 59.0 Å². The Morgan fingerprint density at radius 3 is 2.42 bits per heavy atom. The predicted molar refractivity (Wildman–Crippen MR) is 136 cm³/mol. The maximum atomic E-state index is 9.12. The molecular weight excluding hydrogens is 454 g/mol. The van der Waals surface area contributed by atoms with Crippen molar-refractivity contribution in [3.05, 3.63) is 62.5 Å². The molecule has 0 aliphatic carbocycles. The minimum Gasteiger partial charge on any atom is -0.394 e. The van der Waals surface area contributed by atoms with Gasteiger partial charge in [-0.25, -0.2) is 5.21 Å². The number of nitrogens with two attached hydrogens (primary N) is 2. The summed E-state index contributed by atoms with van der Waals surface area (Å²) in [7, 11) is 0. The van der Waals surface area contributed by atoms with Crippen molar-refractivity contribution in [3.8, 4) is 0 Å². The standard InChI is InChI=1S/C22H27N5O2S2.C2H6/c1-12-10-19(16(5)30-12)20(23)11-29-27-15(4)21-13(2)14(3)24-25-22(21)31-18-8-6-17(26-28)7-9-18;1-2/h6-10,20,26,28H,11,23H2,1-5H3;1-2H3/p+1/b27-15+;. The van der Waals surface area contributed by atoms with Gasteiger partial charge < -0.3 is 10.6 Å². The van der Waals surface area contributed by atoms with E-state index in [2.05, 4.69) is 35.3 Å². The molecule has 7 nitrogen and oxygen atoms in total. The molecule has 178 valence electrons. The van der Waals surface area contributed by atoms with E-state index in [-0.39, 0.29) is 6.04 Å². The third kappa shape index (κ3) is 7.09. The monoisotopic (exact) mass is 488 g/mol. The van der Waals surface area contributed by atoms with E-state index < -0.39 is 0 Å². The molecule has 3 aromatic rings. The second-order valence-electron chi connectivity index (χ2n) is 7.34. The first-order valence-electron chi connectivity index (χ1n) is 10.9. The summed E-state index contributed by atoms with van der Waals surface area (Å²) in [5.74, 6) is 0. The highest BCUT2D eigenvalue weighted by molar-refractivity contribution is 7.99. The number of hydrogen-bond acceptors (Lipinski definition) is 8. The molecule has 9 heteroatoms. The van der Waals surface area contributed by atoms with Crippen LogP contribution in [0.2, 0.25) is 0 Å². The number of aromatic nitrogens is 2. The topological polar surface area (TPSA) is 110 Å². The van der Waals surface area contributed by atoms with Crippen LogP contribution in [0.25, 0.3) is 0 Å². The predicted octanol–water partition coefficient (Wildman–Crippen LogP) is 4.97. The van der Waals surface area contributed by atoms with E-state index in [0.29, 0.717) is 6.61 Å². The van der Waals surface area contributed by atoms with Gasteiger partial charge in [0.05, 0.1) is 17.4 Å². The minimum atomic E-state index is -0.226. The van der Waals surface area contributed by atoms with Gasteiger partial charge >= 0.3 is 0 Å². The van der Waals surface area contributed by atoms with Gasteiger partial charge in [0.1, 0.15) is 11.6 Å². The van der Waals surface area contributed by atoms with E-state index in [1.54, 1.807) is 11.3 Å². The summed E-state index contributed by atoms with van der Waals surface area (Å²) in [6.45, 7) is 14.3. The second-order valence-corrected chi connectivity index (χ2v) is 9.86. The molecule has 2 heterocycles. The fraction of sp³-hybridized carbons (Fsp3) is 0.375. The Balaban J connectivity index is 0.00000187. The molecule has 0 bridgehead atoms. The van der Waals surface area contributed by atoms with Crippen LogP contribution in [0.15, 0.2) is 45.4 Å². The molecule has 0 saturated carbocycles. The van der Waals surface area contributed by atoms with Gasteiger partial charge in [0, 0.05) is 32.3 Å². The lowest BCUT2D eigenvalue weighted by molar-refractivity contribution is -0.825. The highest BCUT2D eigenvalue weighted by Gasteiger charge is 2.17. The van der Waals surface area contributed by atoms with Crippen molar-refractivity contribution in [2.24, 2.45) is 10.9 Å². The molecule has 5 N–H and O–H groups in total. The van der Waals surface area contributed by atoms with Crippen molar-refractivity contribution < 1.29 is 15.5 Å².